The predicted molar refractivity (Wildman–Crippen MR) is 99.3 cm³/mol. The molecule has 1 aromatic heterocycles. The number of sulfonamides is 1. The molecular formula is C15H16Cl3NO3S2. The smallest absolute Gasteiger partial charge is 0.250 e. The Bertz CT molecular complexity index is 746. The van der Waals surface area contributed by atoms with E-state index in [1.165, 1.54) is 6.07 Å². The van der Waals surface area contributed by atoms with Gasteiger partial charge >= 0.3 is 0 Å². The van der Waals surface area contributed by atoms with E-state index in [1.54, 1.807) is 42.6 Å². The van der Waals surface area contributed by atoms with E-state index >= 15 is 0 Å². The Kier molecular flexibility index (Phi) is 6.58. The maximum Gasteiger partial charge on any atom is 0.250 e. The van der Waals surface area contributed by atoms with Crippen LogP contribution in [0.25, 0.3) is 0 Å². The van der Waals surface area contributed by atoms with Crippen molar-refractivity contribution in [3.05, 3.63) is 53.4 Å². The fraction of sp³-hybridized carbons (Fsp3) is 0.333. The first-order chi connectivity index (χ1) is 11.1. The summed E-state index contributed by atoms with van der Waals surface area (Å²) < 4.78 is 26.0. The lowest BCUT2D eigenvalue weighted by Crippen LogP contribution is -2.41. The summed E-state index contributed by atoms with van der Waals surface area (Å²) in [5.41, 5.74) is 0.665. The van der Waals surface area contributed by atoms with Gasteiger partial charge in [-0.05, 0) is 17.0 Å². The largest absolute Gasteiger partial charge is 0.388 e. The molecule has 0 aliphatic rings. The van der Waals surface area contributed by atoms with Crippen molar-refractivity contribution >= 4 is 56.2 Å². The van der Waals surface area contributed by atoms with E-state index in [0.717, 1.165) is 11.3 Å². The zero-order valence-electron chi connectivity index (χ0n) is 12.6. The minimum atomic E-state index is -3.76. The zero-order chi connectivity index (χ0) is 18.0. The number of hydrogen-bond acceptors (Lipinski definition) is 4. The Balaban J connectivity index is 2.38. The highest BCUT2D eigenvalue weighted by molar-refractivity contribution is 7.91. The van der Waals surface area contributed by atoms with Crippen LogP contribution in [0.2, 0.25) is 0 Å². The van der Waals surface area contributed by atoms with Gasteiger partial charge in [0, 0.05) is 5.92 Å². The molecule has 0 unspecified atom stereocenters. The first-order valence-electron chi connectivity index (χ1n) is 6.98. The van der Waals surface area contributed by atoms with E-state index in [9.17, 15) is 13.5 Å². The van der Waals surface area contributed by atoms with Crippen LogP contribution in [0.4, 0.5) is 0 Å². The molecule has 3 atom stereocenters. The van der Waals surface area contributed by atoms with Gasteiger partial charge in [0.25, 0.3) is 10.0 Å². The predicted octanol–water partition coefficient (Wildman–Crippen LogP) is 4.13. The molecule has 2 aromatic rings. The van der Waals surface area contributed by atoms with E-state index in [0.29, 0.717) is 5.56 Å². The molecule has 0 saturated carbocycles. The van der Waals surface area contributed by atoms with Crippen LogP contribution in [-0.4, -0.2) is 23.4 Å². The minimum absolute atomic E-state index is 0.180. The van der Waals surface area contributed by atoms with Crippen LogP contribution in [0.3, 0.4) is 0 Å². The van der Waals surface area contributed by atoms with E-state index in [1.807, 2.05) is 6.07 Å². The molecule has 0 saturated heterocycles. The first-order valence-corrected chi connectivity index (χ1v) is 10.5. The van der Waals surface area contributed by atoms with E-state index in [4.69, 9.17) is 34.8 Å². The number of halogens is 3. The topological polar surface area (TPSA) is 66.4 Å². The molecule has 24 heavy (non-hydrogen) atoms. The summed E-state index contributed by atoms with van der Waals surface area (Å²) in [7, 11) is -3.76. The van der Waals surface area contributed by atoms with Gasteiger partial charge in [-0.1, -0.05) is 78.1 Å². The standard InChI is InChI=1S/C15H16Cl3NO3S2/c1-10(14(20)15(16,17)18)13(11-6-3-2-4-7-11)19-24(21,22)12-8-5-9-23-12/h2-10,13-14,19-20H,1H3/t10-,13-,14-/m0/s1. The summed E-state index contributed by atoms with van der Waals surface area (Å²) in [5, 5.41) is 12.0. The molecule has 0 spiro atoms. The molecule has 0 fully saturated rings. The highest BCUT2D eigenvalue weighted by atomic mass is 35.6. The van der Waals surface area contributed by atoms with Gasteiger partial charge in [0.15, 0.2) is 0 Å². The fourth-order valence-electron chi connectivity index (χ4n) is 2.26. The summed E-state index contributed by atoms with van der Waals surface area (Å²) in [5.74, 6) is -0.686. The third-order valence-electron chi connectivity index (χ3n) is 3.56. The van der Waals surface area contributed by atoms with Gasteiger partial charge in [-0.25, -0.2) is 13.1 Å². The van der Waals surface area contributed by atoms with Gasteiger partial charge in [0.2, 0.25) is 3.79 Å². The van der Waals surface area contributed by atoms with Crippen molar-refractivity contribution in [2.24, 2.45) is 5.92 Å². The third-order valence-corrected chi connectivity index (χ3v) is 7.07. The second kappa shape index (κ2) is 7.91. The van der Waals surface area contributed by atoms with Crippen LogP contribution in [0.15, 0.2) is 52.1 Å². The van der Waals surface area contributed by atoms with Crippen LogP contribution >= 0.6 is 46.1 Å². The Hall–Kier alpha value is -0.340. The molecule has 0 radical (unpaired) electrons. The first kappa shape index (κ1) is 20.0. The maximum absolute atomic E-state index is 12.6. The van der Waals surface area contributed by atoms with Gasteiger partial charge in [-0.2, -0.15) is 0 Å². The van der Waals surface area contributed by atoms with Crippen LogP contribution in [0, 0.1) is 5.92 Å². The Labute approximate surface area is 160 Å². The Morgan fingerprint density at radius 1 is 1.12 bits per heavy atom. The van der Waals surface area contributed by atoms with Crippen molar-refractivity contribution in [1.82, 2.24) is 4.72 Å². The summed E-state index contributed by atoms with van der Waals surface area (Å²) >= 11 is 18.5. The molecular weight excluding hydrogens is 413 g/mol. The van der Waals surface area contributed by atoms with Crippen LogP contribution in [-0.2, 0) is 10.0 Å². The second-order valence-corrected chi connectivity index (χ2v) is 10.5. The quantitative estimate of drug-likeness (QED) is 0.680. The Morgan fingerprint density at radius 3 is 2.25 bits per heavy atom. The monoisotopic (exact) mass is 427 g/mol. The Morgan fingerprint density at radius 2 is 1.75 bits per heavy atom. The molecule has 0 bridgehead atoms. The van der Waals surface area contributed by atoms with Gasteiger partial charge in [0.05, 0.1) is 6.04 Å². The number of aliphatic hydroxyl groups is 1. The maximum atomic E-state index is 12.6. The number of rotatable bonds is 6. The molecule has 0 amide bonds. The van der Waals surface area contributed by atoms with E-state index < -0.39 is 31.9 Å². The molecule has 9 heteroatoms. The fourth-order valence-corrected chi connectivity index (χ4v) is 5.18. The third kappa shape index (κ3) is 4.85. The average molecular weight is 429 g/mol. The minimum Gasteiger partial charge on any atom is -0.388 e. The zero-order valence-corrected chi connectivity index (χ0v) is 16.5. The molecule has 0 aliphatic heterocycles. The lowest BCUT2D eigenvalue weighted by Gasteiger charge is -2.32. The van der Waals surface area contributed by atoms with Crippen LogP contribution in [0.1, 0.15) is 18.5 Å². The molecule has 2 rings (SSSR count). The average Bonchev–Trinajstić information content (AvgIpc) is 3.06. The molecule has 1 aromatic carbocycles. The summed E-state index contributed by atoms with van der Waals surface area (Å²) in [6.45, 7) is 1.63. The van der Waals surface area contributed by atoms with Crippen molar-refractivity contribution in [2.75, 3.05) is 0 Å². The lowest BCUT2D eigenvalue weighted by atomic mass is 9.91. The number of alkyl halides is 3. The van der Waals surface area contributed by atoms with E-state index in [-0.39, 0.29) is 4.21 Å². The molecule has 2 N–H and O–H groups in total. The number of aliphatic hydroxyl groups excluding tert-OH is 1. The molecule has 1 heterocycles. The van der Waals surface area contributed by atoms with Gasteiger partial charge in [0.1, 0.15) is 10.3 Å². The van der Waals surface area contributed by atoms with Crippen LogP contribution < -0.4 is 4.72 Å². The summed E-state index contributed by atoms with van der Waals surface area (Å²) in [6, 6.07) is 11.3. The number of benzene rings is 1. The van der Waals surface area contributed by atoms with Crippen molar-refractivity contribution in [3.63, 3.8) is 0 Å². The number of nitrogens with one attached hydrogen (secondary N) is 1. The lowest BCUT2D eigenvalue weighted by molar-refractivity contribution is 0.102. The van der Waals surface area contributed by atoms with Gasteiger partial charge in [-0.3, -0.25) is 0 Å². The number of hydrogen-bond donors (Lipinski definition) is 2. The van der Waals surface area contributed by atoms with Gasteiger partial charge < -0.3 is 5.11 Å². The number of thiophene rings is 1. The highest BCUT2D eigenvalue weighted by Crippen LogP contribution is 2.39. The van der Waals surface area contributed by atoms with Crippen LogP contribution in [0.5, 0.6) is 0 Å². The van der Waals surface area contributed by atoms with Crippen molar-refractivity contribution in [3.8, 4) is 0 Å². The highest BCUT2D eigenvalue weighted by Gasteiger charge is 2.40. The molecule has 132 valence electrons. The van der Waals surface area contributed by atoms with E-state index in [2.05, 4.69) is 4.72 Å². The summed E-state index contributed by atoms with van der Waals surface area (Å²) in [6.07, 6.45) is -1.36. The van der Waals surface area contributed by atoms with Crippen molar-refractivity contribution < 1.29 is 13.5 Å². The van der Waals surface area contributed by atoms with Gasteiger partial charge in [-0.15, -0.1) is 11.3 Å². The molecule has 0 aliphatic carbocycles. The second-order valence-electron chi connectivity index (χ2n) is 5.29. The SMILES string of the molecule is C[C@@H]([C@H](NS(=O)(=O)c1cccs1)c1ccccc1)[C@H](O)C(Cl)(Cl)Cl. The summed E-state index contributed by atoms with van der Waals surface area (Å²) in [4.78, 5) is 0. The van der Waals surface area contributed by atoms with Crippen molar-refractivity contribution in [2.45, 2.75) is 27.1 Å². The molecule has 4 nitrogen and oxygen atoms in total. The van der Waals surface area contributed by atoms with Crippen molar-refractivity contribution in [1.29, 1.82) is 0 Å². The normalized spacial score (nSPS) is 16.5.